The molecule has 3 heteroatoms. The Balaban J connectivity index is 1.87. The van der Waals surface area contributed by atoms with E-state index in [1.54, 1.807) is 0 Å². The van der Waals surface area contributed by atoms with Gasteiger partial charge in [0.25, 0.3) is 0 Å². The molecule has 0 amide bonds. The highest BCUT2D eigenvalue weighted by Crippen LogP contribution is 2.60. The van der Waals surface area contributed by atoms with Crippen LogP contribution in [0.1, 0.15) is 22.3 Å². The fourth-order valence-electron chi connectivity index (χ4n) is 4.51. The fraction of sp³-hybridized carbons (Fsp3) is 0.0435. The van der Waals surface area contributed by atoms with Crippen molar-refractivity contribution in [2.24, 2.45) is 0 Å². The highest BCUT2D eigenvalue weighted by atomic mass is 16.5. The number of nitrogens with zero attached hydrogens (tertiary/aromatic N) is 2. The molecular formula is C23H14N2O. The smallest absolute Gasteiger partial charge is 0.132 e. The monoisotopic (exact) mass is 334 g/mol. The van der Waals surface area contributed by atoms with Gasteiger partial charge in [-0.1, -0.05) is 48.5 Å². The molecule has 0 saturated heterocycles. The number of hydrogen-bond donors (Lipinski definition) is 0. The molecule has 2 aromatic heterocycles. The van der Waals surface area contributed by atoms with Crippen molar-refractivity contribution in [3.63, 3.8) is 0 Å². The number of pyridine rings is 2. The third kappa shape index (κ3) is 1.49. The summed E-state index contributed by atoms with van der Waals surface area (Å²) in [5.41, 5.74) is 6.07. The summed E-state index contributed by atoms with van der Waals surface area (Å²) in [4.78, 5) is 9.39. The molecule has 6 rings (SSSR count). The van der Waals surface area contributed by atoms with Crippen LogP contribution in [-0.4, -0.2) is 9.97 Å². The van der Waals surface area contributed by atoms with Gasteiger partial charge in [0, 0.05) is 23.5 Å². The minimum atomic E-state index is -0.446. The van der Waals surface area contributed by atoms with E-state index in [0.29, 0.717) is 0 Å². The van der Waals surface area contributed by atoms with Gasteiger partial charge in [0.05, 0.1) is 16.8 Å². The van der Waals surface area contributed by atoms with Crippen LogP contribution >= 0.6 is 0 Å². The van der Waals surface area contributed by atoms with Crippen LogP contribution in [0.3, 0.4) is 0 Å². The second-order valence-electron chi connectivity index (χ2n) is 6.64. The van der Waals surface area contributed by atoms with Gasteiger partial charge < -0.3 is 4.74 Å². The molecule has 2 aliphatic rings. The first-order valence-corrected chi connectivity index (χ1v) is 8.69. The van der Waals surface area contributed by atoms with Crippen LogP contribution in [0.5, 0.6) is 11.5 Å². The Labute approximate surface area is 151 Å². The lowest BCUT2D eigenvalue weighted by Gasteiger charge is -2.38. The number of aromatic nitrogens is 2. The van der Waals surface area contributed by atoms with E-state index in [4.69, 9.17) is 14.7 Å². The van der Waals surface area contributed by atoms with Gasteiger partial charge in [0.1, 0.15) is 11.5 Å². The molecule has 0 unspecified atom stereocenters. The Hall–Kier alpha value is -3.46. The zero-order valence-electron chi connectivity index (χ0n) is 13.9. The van der Waals surface area contributed by atoms with Crippen molar-refractivity contribution < 1.29 is 4.74 Å². The maximum absolute atomic E-state index is 6.25. The Bertz CT molecular complexity index is 1090. The lowest BCUT2D eigenvalue weighted by Crippen LogP contribution is -2.32. The molecule has 0 saturated carbocycles. The average Bonchev–Trinajstić information content (AvgIpc) is 3.00. The Morgan fingerprint density at radius 3 is 1.54 bits per heavy atom. The first-order valence-electron chi connectivity index (χ1n) is 8.69. The number of para-hydroxylation sites is 2. The zero-order valence-corrected chi connectivity index (χ0v) is 13.9. The average molecular weight is 334 g/mol. The van der Waals surface area contributed by atoms with E-state index in [0.717, 1.165) is 45.1 Å². The van der Waals surface area contributed by atoms with Crippen molar-refractivity contribution in [3.05, 3.63) is 107 Å². The summed E-state index contributed by atoms with van der Waals surface area (Å²) >= 11 is 0. The summed E-state index contributed by atoms with van der Waals surface area (Å²) in [6.07, 6.45) is 3.68. The molecular weight excluding hydrogens is 320 g/mol. The first kappa shape index (κ1) is 13.8. The van der Waals surface area contributed by atoms with Crippen molar-refractivity contribution in [1.29, 1.82) is 0 Å². The van der Waals surface area contributed by atoms with Crippen molar-refractivity contribution in [2.75, 3.05) is 0 Å². The van der Waals surface area contributed by atoms with Crippen molar-refractivity contribution in [3.8, 4) is 22.9 Å². The molecule has 3 nitrogen and oxygen atoms in total. The summed E-state index contributed by atoms with van der Waals surface area (Å²) in [5, 5.41) is 0. The van der Waals surface area contributed by atoms with E-state index in [-0.39, 0.29) is 0 Å². The van der Waals surface area contributed by atoms with Gasteiger partial charge in [-0.15, -0.1) is 0 Å². The number of ether oxygens (including phenoxy) is 1. The van der Waals surface area contributed by atoms with Crippen LogP contribution in [0.15, 0.2) is 85.2 Å². The van der Waals surface area contributed by atoms with Gasteiger partial charge in [0.2, 0.25) is 0 Å². The van der Waals surface area contributed by atoms with Gasteiger partial charge >= 0.3 is 0 Å². The molecule has 122 valence electrons. The molecule has 0 bridgehead atoms. The van der Waals surface area contributed by atoms with Crippen molar-refractivity contribution in [2.45, 2.75) is 5.41 Å². The molecule has 0 fully saturated rings. The molecule has 1 spiro atoms. The van der Waals surface area contributed by atoms with Crippen LogP contribution in [-0.2, 0) is 5.41 Å². The molecule has 1 aliphatic heterocycles. The topological polar surface area (TPSA) is 35.0 Å². The Morgan fingerprint density at radius 1 is 0.538 bits per heavy atom. The van der Waals surface area contributed by atoms with Gasteiger partial charge in [-0.2, -0.15) is 0 Å². The number of rotatable bonds is 0. The molecule has 0 radical (unpaired) electrons. The summed E-state index contributed by atoms with van der Waals surface area (Å²) in [6, 6.07) is 24.9. The minimum Gasteiger partial charge on any atom is -0.457 e. The lowest BCUT2D eigenvalue weighted by atomic mass is 9.66. The van der Waals surface area contributed by atoms with Crippen LogP contribution in [0.2, 0.25) is 0 Å². The summed E-state index contributed by atoms with van der Waals surface area (Å²) in [6.45, 7) is 0. The summed E-state index contributed by atoms with van der Waals surface area (Å²) in [5.74, 6) is 1.77. The van der Waals surface area contributed by atoms with Gasteiger partial charge in [-0.3, -0.25) is 9.97 Å². The highest BCUT2D eigenvalue weighted by molar-refractivity contribution is 5.84. The molecule has 0 N–H and O–H groups in total. The first-order chi connectivity index (χ1) is 12.9. The summed E-state index contributed by atoms with van der Waals surface area (Å²) < 4.78 is 6.25. The second-order valence-corrected chi connectivity index (χ2v) is 6.64. The van der Waals surface area contributed by atoms with Crippen LogP contribution in [0.25, 0.3) is 11.4 Å². The SMILES string of the molecule is c1ccc2c(c1)Oc1ccccc1C21c2cccnc2-c2ncccc21. The standard InChI is InChI=1S/C23H14N2O/c1-3-11-19-15(7-1)23(16-8-2-4-12-20(16)26-19)17-9-5-13-24-21(17)22-18(23)10-6-14-25-22/h1-14H. The van der Waals surface area contributed by atoms with E-state index in [2.05, 4.69) is 36.4 Å². The largest absolute Gasteiger partial charge is 0.457 e. The summed E-state index contributed by atoms with van der Waals surface area (Å²) in [7, 11) is 0. The molecule has 4 aromatic rings. The van der Waals surface area contributed by atoms with E-state index >= 15 is 0 Å². The normalized spacial score (nSPS) is 14.8. The third-order valence-corrected chi connectivity index (χ3v) is 5.45. The Morgan fingerprint density at radius 2 is 1.00 bits per heavy atom. The fourth-order valence-corrected chi connectivity index (χ4v) is 4.51. The predicted molar refractivity (Wildman–Crippen MR) is 99.4 cm³/mol. The van der Waals surface area contributed by atoms with E-state index in [9.17, 15) is 0 Å². The minimum absolute atomic E-state index is 0.446. The van der Waals surface area contributed by atoms with Crippen LogP contribution in [0.4, 0.5) is 0 Å². The molecule has 3 heterocycles. The van der Waals surface area contributed by atoms with Gasteiger partial charge in [0.15, 0.2) is 0 Å². The maximum atomic E-state index is 6.25. The molecule has 1 aliphatic carbocycles. The molecule has 26 heavy (non-hydrogen) atoms. The number of benzene rings is 2. The van der Waals surface area contributed by atoms with Crippen molar-refractivity contribution in [1.82, 2.24) is 9.97 Å². The quantitative estimate of drug-likeness (QED) is 0.394. The van der Waals surface area contributed by atoms with Crippen molar-refractivity contribution >= 4 is 0 Å². The zero-order chi connectivity index (χ0) is 17.1. The third-order valence-electron chi connectivity index (χ3n) is 5.45. The van der Waals surface area contributed by atoms with Crippen LogP contribution in [0, 0.1) is 0 Å². The van der Waals surface area contributed by atoms with Gasteiger partial charge in [-0.05, 0) is 35.4 Å². The van der Waals surface area contributed by atoms with Gasteiger partial charge in [-0.25, -0.2) is 0 Å². The highest BCUT2D eigenvalue weighted by Gasteiger charge is 2.52. The second kappa shape index (κ2) is 4.79. The van der Waals surface area contributed by atoms with E-state index in [1.807, 2.05) is 48.8 Å². The predicted octanol–water partition coefficient (Wildman–Crippen LogP) is 4.95. The Kier molecular flexibility index (Phi) is 2.54. The van der Waals surface area contributed by atoms with Crippen LogP contribution < -0.4 is 4.74 Å². The van der Waals surface area contributed by atoms with E-state index in [1.165, 1.54) is 0 Å². The number of hydrogen-bond acceptors (Lipinski definition) is 3. The van der Waals surface area contributed by atoms with E-state index < -0.39 is 5.41 Å². The number of fused-ring (bicyclic) bond motifs is 9. The maximum Gasteiger partial charge on any atom is 0.132 e. The lowest BCUT2D eigenvalue weighted by molar-refractivity contribution is 0.436. The molecule has 2 aromatic carbocycles. The molecule has 0 atom stereocenters.